The Bertz CT molecular complexity index is 398. The van der Waals surface area contributed by atoms with Crippen LogP contribution < -0.4 is 0 Å². The second-order valence-corrected chi connectivity index (χ2v) is 11.2. The fourth-order valence-electron chi connectivity index (χ4n) is 7.83. The molecule has 0 aliphatic heterocycles. The molecule has 4 fully saturated rings. The van der Waals surface area contributed by atoms with Gasteiger partial charge in [-0.25, -0.2) is 0 Å². The van der Waals surface area contributed by atoms with Gasteiger partial charge in [0.2, 0.25) is 0 Å². The average molecular weight is 375 g/mol. The van der Waals surface area contributed by atoms with Crippen molar-refractivity contribution in [2.75, 3.05) is 0 Å². The van der Waals surface area contributed by atoms with E-state index in [1.807, 2.05) is 0 Å². The van der Waals surface area contributed by atoms with E-state index < -0.39 is 0 Å². The lowest BCUT2D eigenvalue weighted by atomic mass is 9.56. The predicted molar refractivity (Wildman–Crippen MR) is 120 cm³/mol. The van der Waals surface area contributed by atoms with Crippen molar-refractivity contribution in [2.24, 2.45) is 47.3 Å². The lowest BCUT2D eigenvalue weighted by Crippen LogP contribution is -2.42. The molecule has 0 aromatic heterocycles. The molecule has 27 heavy (non-hydrogen) atoms. The Morgan fingerprint density at radius 2 is 1.41 bits per heavy atom. The minimum atomic E-state index is 1.01. The van der Waals surface area contributed by atoms with E-state index in [0.29, 0.717) is 0 Å². The molecule has 0 heteroatoms. The highest BCUT2D eigenvalue weighted by Gasteiger charge is 2.47. The van der Waals surface area contributed by atoms with Crippen molar-refractivity contribution >= 4 is 0 Å². The Morgan fingerprint density at radius 3 is 1.96 bits per heavy atom. The zero-order valence-electron chi connectivity index (χ0n) is 19.2. The third-order valence-electron chi connectivity index (χ3n) is 9.39. The minimum absolute atomic E-state index is 1.01. The number of rotatable bonds is 4. The Morgan fingerprint density at radius 1 is 0.704 bits per heavy atom. The molecule has 5 atom stereocenters. The molecule has 0 aromatic rings. The fourth-order valence-corrected chi connectivity index (χ4v) is 7.83. The average Bonchev–Trinajstić information content (AvgIpc) is 3.34. The molecule has 0 nitrogen and oxygen atoms in total. The maximum Gasteiger partial charge on any atom is -0.0324 e. The molecule has 0 radical (unpaired) electrons. The van der Waals surface area contributed by atoms with Crippen LogP contribution in [0, 0.1) is 47.3 Å². The van der Waals surface area contributed by atoms with Crippen LogP contribution in [-0.4, -0.2) is 0 Å². The molecule has 4 rings (SSSR count). The summed E-state index contributed by atoms with van der Waals surface area (Å²) in [4.78, 5) is 0. The molecular formula is C27H50. The van der Waals surface area contributed by atoms with Gasteiger partial charge >= 0.3 is 0 Å². The third-order valence-corrected chi connectivity index (χ3v) is 9.39. The number of fused-ring (bicyclic) bond motifs is 1. The van der Waals surface area contributed by atoms with E-state index >= 15 is 0 Å². The van der Waals surface area contributed by atoms with Gasteiger partial charge in [0.15, 0.2) is 0 Å². The highest BCUT2D eigenvalue weighted by molar-refractivity contribution is 4.97. The maximum absolute atomic E-state index is 2.60. The summed E-state index contributed by atoms with van der Waals surface area (Å²) in [6.45, 7) is 9.76. The maximum atomic E-state index is 2.60. The molecule has 0 aromatic carbocycles. The van der Waals surface area contributed by atoms with Crippen LogP contribution in [0.2, 0.25) is 0 Å². The van der Waals surface area contributed by atoms with E-state index in [0.717, 1.165) is 47.3 Å². The Balaban J connectivity index is 0.000000299. The monoisotopic (exact) mass is 374 g/mol. The third kappa shape index (κ3) is 5.54. The molecule has 158 valence electrons. The van der Waals surface area contributed by atoms with Crippen LogP contribution >= 0.6 is 0 Å². The summed E-state index contributed by atoms with van der Waals surface area (Å²) in [6.07, 6.45) is 22.8. The van der Waals surface area contributed by atoms with Crippen molar-refractivity contribution in [1.29, 1.82) is 0 Å². The van der Waals surface area contributed by atoms with Crippen molar-refractivity contribution < 1.29 is 0 Å². The first-order chi connectivity index (χ1) is 13.1. The second-order valence-electron chi connectivity index (χ2n) is 11.2. The SMILES string of the molecule is CC1CCCC1.CCCC1C(C)CC2CCCC2C1C1CCC(CC)CC1. The van der Waals surface area contributed by atoms with Gasteiger partial charge in [-0.1, -0.05) is 98.3 Å². The van der Waals surface area contributed by atoms with Crippen molar-refractivity contribution in [2.45, 2.75) is 124 Å². The van der Waals surface area contributed by atoms with E-state index in [-0.39, 0.29) is 0 Å². The topological polar surface area (TPSA) is 0 Å². The Labute approximate surface area is 171 Å². The zero-order valence-corrected chi connectivity index (χ0v) is 19.2. The van der Waals surface area contributed by atoms with Crippen LogP contribution in [0.25, 0.3) is 0 Å². The van der Waals surface area contributed by atoms with Crippen LogP contribution in [0.3, 0.4) is 0 Å². The van der Waals surface area contributed by atoms with E-state index in [1.165, 1.54) is 44.9 Å². The molecule has 0 amide bonds. The first kappa shape index (κ1) is 21.7. The lowest BCUT2D eigenvalue weighted by Gasteiger charge is -2.49. The summed E-state index contributed by atoms with van der Waals surface area (Å²) < 4.78 is 0. The predicted octanol–water partition coefficient (Wildman–Crippen LogP) is 8.89. The van der Waals surface area contributed by atoms with Crippen molar-refractivity contribution in [1.82, 2.24) is 0 Å². The van der Waals surface area contributed by atoms with Gasteiger partial charge in [0, 0.05) is 0 Å². The van der Waals surface area contributed by atoms with Gasteiger partial charge in [0.1, 0.15) is 0 Å². The smallest absolute Gasteiger partial charge is 0.0324 e. The zero-order chi connectivity index (χ0) is 19.2. The second kappa shape index (κ2) is 10.7. The standard InChI is InChI=1S/C21H38.C6H12/c1-4-7-19-15(3)14-18-8-6-9-20(18)21(19)17-12-10-16(5-2)11-13-17;1-6-4-2-3-5-6/h15-21H,4-14H2,1-3H3;6H,2-5H2,1H3. The number of hydrogen-bond acceptors (Lipinski definition) is 0. The van der Waals surface area contributed by atoms with Crippen LogP contribution in [0.1, 0.15) is 124 Å². The van der Waals surface area contributed by atoms with E-state index in [4.69, 9.17) is 0 Å². The van der Waals surface area contributed by atoms with Gasteiger partial charge in [-0.3, -0.25) is 0 Å². The van der Waals surface area contributed by atoms with Crippen molar-refractivity contribution in [3.63, 3.8) is 0 Å². The van der Waals surface area contributed by atoms with Gasteiger partial charge < -0.3 is 0 Å². The first-order valence-corrected chi connectivity index (χ1v) is 13.1. The van der Waals surface area contributed by atoms with Gasteiger partial charge in [-0.05, 0) is 73.0 Å². The summed E-state index contributed by atoms with van der Waals surface area (Å²) in [5.41, 5.74) is 0. The molecule has 0 spiro atoms. The molecule has 4 aliphatic rings. The van der Waals surface area contributed by atoms with E-state index in [9.17, 15) is 0 Å². The number of hydrogen-bond donors (Lipinski definition) is 0. The Kier molecular flexibility index (Phi) is 8.59. The van der Waals surface area contributed by atoms with Crippen LogP contribution in [0.15, 0.2) is 0 Å². The fraction of sp³-hybridized carbons (Fsp3) is 1.00. The van der Waals surface area contributed by atoms with Gasteiger partial charge in [0.05, 0.1) is 0 Å². The summed E-state index contributed by atoms with van der Waals surface area (Å²) in [6, 6.07) is 0. The van der Waals surface area contributed by atoms with Crippen molar-refractivity contribution in [3.8, 4) is 0 Å². The summed E-state index contributed by atoms with van der Waals surface area (Å²) in [7, 11) is 0. The molecular weight excluding hydrogens is 324 g/mol. The molecule has 5 unspecified atom stereocenters. The van der Waals surface area contributed by atoms with Crippen molar-refractivity contribution in [3.05, 3.63) is 0 Å². The minimum Gasteiger partial charge on any atom is -0.0654 e. The highest BCUT2D eigenvalue weighted by atomic mass is 14.5. The van der Waals surface area contributed by atoms with E-state index in [2.05, 4.69) is 27.7 Å². The molecule has 0 bridgehead atoms. The van der Waals surface area contributed by atoms with E-state index in [1.54, 1.807) is 51.4 Å². The van der Waals surface area contributed by atoms with Crippen LogP contribution in [0.5, 0.6) is 0 Å². The van der Waals surface area contributed by atoms with Gasteiger partial charge in [0.25, 0.3) is 0 Å². The molecule has 0 heterocycles. The first-order valence-electron chi connectivity index (χ1n) is 13.1. The summed E-state index contributed by atoms with van der Waals surface area (Å²) in [5.74, 6) is 8.63. The molecule has 0 N–H and O–H groups in total. The van der Waals surface area contributed by atoms with Crippen LogP contribution in [-0.2, 0) is 0 Å². The Hall–Kier alpha value is 0. The molecule has 0 saturated heterocycles. The van der Waals surface area contributed by atoms with Gasteiger partial charge in [-0.2, -0.15) is 0 Å². The highest BCUT2D eigenvalue weighted by Crippen LogP contribution is 2.56. The quantitative estimate of drug-likeness (QED) is 0.461. The normalized spacial score (nSPS) is 42.4. The molecule has 4 aliphatic carbocycles. The molecule has 4 saturated carbocycles. The van der Waals surface area contributed by atoms with Crippen LogP contribution in [0.4, 0.5) is 0 Å². The summed E-state index contributed by atoms with van der Waals surface area (Å²) in [5, 5.41) is 0. The lowest BCUT2D eigenvalue weighted by molar-refractivity contribution is -0.00196. The van der Waals surface area contributed by atoms with Gasteiger partial charge in [-0.15, -0.1) is 0 Å². The largest absolute Gasteiger partial charge is 0.0654 e. The summed E-state index contributed by atoms with van der Waals surface area (Å²) >= 11 is 0.